The van der Waals surface area contributed by atoms with Gasteiger partial charge in [-0.2, -0.15) is 0 Å². The van der Waals surface area contributed by atoms with Crippen molar-refractivity contribution in [1.29, 1.82) is 0 Å². The fourth-order valence-electron chi connectivity index (χ4n) is 1.17. The van der Waals surface area contributed by atoms with Gasteiger partial charge in [0.05, 0.1) is 7.85 Å². The third-order valence-corrected chi connectivity index (χ3v) is 1.96. The molecule has 0 bridgehead atoms. The van der Waals surface area contributed by atoms with Gasteiger partial charge >= 0.3 is 0 Å². The average molecular weight is 202 g/mol. The van der Waals surface area contributed by atoms with Crippen molar-refractivity contribution in [2.24, 2.45) is 0 Å². The van der Waals surface area contributed by atoms with E-state index in [-0.39, 0.29) is 5.78 Å². The van der Waals surface area contributed by atoms with E-state index in [1.807, 2.05) is 13.8 Å². The Kier molecular flexibility index (Phi) is 10.5. The number of alkyl halides is 1. The summed E-state index contributed by atoms with van der Waals surface area (Å²) >= 11 is 0. The third-order valence-electron chi connectivity index (χ3n) is 1.96. The van der Waals surface area contributed by atoms with Gasteiger partial charge in [0.1, 0.15) is 6.67 Å². The van der Waals surface area contributed by atoms with Gasteiger partial charge in [-0.25, -0.2) is 4.39 Å². The SMILES string of the molecule is CC.CC(=O)C1(CF)CCCO1.[B]C. The highest BCUT2D eigenvalue weighted by molar-refractivity contribution is 6.05. The van der Waals surface area contributed by atoms with Crippen LogP contribution in [0.1, 0.15) is 33.6 Å². The maximum atomic E-state index is 12.3. The van der Waals surface area contributed by atoms with Crippen LogP contribution in [0.4, 0.5) is 4.39 Å². The Labute approximate surface area is 87.6 Å². The van der Waals surface area contributed by atoms with Crippen LogP contribution in [0, 0.1) is 0 Å². The van der Waals surface area contributed by atoms with Crippen molar-refractivity contribution < 1.29 is 13.9 Å². The van der Waals surface area contributed by atoms with E-state index in [1.165, 1.54) is 13.7 Å². The van der Waals surface area contributed by atoms with Gasteiger partial charge < -0.3 is 4.74 Å². The molecule has 0 aromatic carbocycles. The number of hydrogen-bond acceptors (Lipinski definition) is 2. The monoisotopic (exact) mass is 202 g/mol. The molecule has 82 valence electrons. The molecule has 1 unspecified atom stereocenters. The summed E-state index contributed by atoms with van der Waals surface area (Å²) in [6.07, 6.45) is 1.34. The lowest BCUT2D eigenvalue weighted by Crippen LogP contribution is -2.38. The molecule has 14 heavy (non-hydrogen) atoms. The van der Waals surface area contributed by atoms with Gasteiger partial charge in [-0.05, 0) is 19.8 Å². The second kappa shape index (κ2) is 9.19. The molecule has 2 nitrogen and oxygen atoms in total. The number of hydrogen-bond donors (Lipinski definition) is 0. The zero-order valence-corrected chi connectivity index (χ0v) is 9.60. The van der Waals surface area contributed by atoms with Gasteiger partial charge in [0.15, 0.2) is 11.4 Å². The lowest BCUT2D eigenvalue weighted by Gasteiger charge is -2.20. The highest BCUT2D eigenvalue weighted by atomic mass is 19.1. The second-order valence-electron chi connectivity index (χ2n) is 2.64. The zero-order chi connectivity index (χ0) is 11.6. The molecule has 4 heteroatoms. The molecule has 2 radical (unpaired) electrons. The first kappa shape index (κ1) is 16.1. The Morgan fingerprint density at radius 3 is 2.14 bits per heavy atom. The summed E-state index contributed by atoms with van der Waals surface area (Å²) in [5, 5.41) is 0. The molecule has 1 aliphatic heterocycles. The molecule has 0 aliphatic carbocycles. The van der Waals surface area contributed by atoms with Crippen LogP contribution in [0.15, 0.2) is 0 Å². The minimum absolute atomic E-state index is 0.187. The largest absolute Gasteiger partial charge is 0.364 e. The van der Waals surface area contributed by atoms with Crippen molar-refractivity contribution in [3.8, 4) is 0 Å². The fourth-order valence-corrected chi connectivity index (χ4v) is 1.17. The van der Waals surface area contributed by atoms with Gasteiger partial charge in [-0.15, -0.1) is 0 Å². The van der Waals surface area contributed by atoms with E-state index < -0.39 is 12.3 Å². The number of ketones is 1. The minimum Gasteiger partial charge on any atom is -0.364 e. The summed E-state index contributed by atoms with van der Waals surface area (Å²) in [5.74, 6) is -0.187. The third kappa shape index (κ3) is 4.22. The van der Waals surface area contributed by atoms with Crippen LogP contribution in [0.25, 0.3) is 0 Å². The summed E-state index contributed by atoms with van der Waals surface area (Å²) in [4.78, 5) is 10.8. The standard InChI is InChI=1S/C7H11FO2.C2H6.CH3B/c1-6(9)7(5-8)3-2-4-10-7;2*1-2/h2-5H2,1H3;1-2H3;1H3. The van der Waals surface area contributed by atoms with Crippen LogP contribution in [0.3, 0.4) is 0 Å². The van der Waals surface area contributed by atoms with Crippen molar-refractivity contribution in [3.05, 3.63) is 0 Å². The van der Waals surface area contributed by atoms with Crippen LogP contribution in [0.5, 0.6) is 0 Å². The van der Waals surface area contributed by atoms with E-state index >= 15 is 0 Å². The molecule has 0 saturated carbocycles. The maximum Gasteiger partial charge on any atom is 0.164 e. The van der Waals surface area contributed by atoms with E-state index in [2.05, 4.69) is 7.85 Å². The Balaban J connectivity index is 0. The molecule has 0 aromatic heterocycles. The Hall–Kier alpha value is -0.375. The normalized spacial score (nSPS) is 24.1. The molecule has 0 N–H and O–H groups in total. The first-order valence-electron chi connectivity index (χ1n) is 5.00. The van der Waals surface area contributed by atoms with Crippen molar-refractivity contribution in [2.75, 3.05) is 13.3 Å². The van der Waals surface area contributed by atoms with Crippen LogP contribution in [0.2, 0.25) is 6.82 Å². The van der Waals surface area contributed by atoms with Crippen molar-refractivity contribution >= 4 is 13.6 Å². The molecule has 0 amide bonds. The number of rotatable bonds is 2. The number of ether oxygens (including phenoxy) is 1. The smallest absolute Gasteiger partial charge is 0.164 e. The van der Waals surface area contributed by atoms with E-state index in [0.717, 1.165) is 6.42 Å². The Morgan fingerprint density at radius 1 is 1.50 bits per heavy atom. The second-order valence-corrected chi connectivity index (χ2v) is 2.64. The van der Waals surface area contributed by atoms with Crippen LogP contribution >= 0.6 is 0 Å². The van der Waals surface area contributed by atoms with Crippen LogP contribution in [-0.4, -0.2) is 32.5 Å². The van der Waals surface area contributed by atoms with Crippen LogP contribution < -0.4 is 0 Å². The van der Waals surface area contributed by atoms with Gasteiger partial charge in [-0.3, -0.25) is 4.79 Å². The van der Waals surface area contributed by atoms with Crippen molar-refractivity contribution in [1.82, 2.24) is 0 Å². The maximum absolute atomic E-state index is 12.3. The fraction of sp³-hybridized carbons (Fsp3) is 0.900. The molecule has 1 heterocycles. The lowest BCUT2D eigenvalue weighted by atomic mass is 9.98. The van der Waals surface area contributed by atoms with Gasteiger partial charge in [0, 0.05) is 6.61 Å². The zero-order valence-electron chi connectivity index (χ0n) is 9.60. The molecular weight excluding hydrogens is 182 g/mol. The van der Waals surface area contributed by atoms with Gasteiger partial charge in [-0.1, -0.05) is 20.7 Å². The number of carbonyl (C=O) groups is 1. The predicted molar refractivity (Wildman–Crippen MR) is 57.5 cm³/mol. The highest BCUT2D eigenvalue weighted by Gasteiger charge is 2.39. The number of halogens is 1. The molecule has 0 aromatic rings. The Morgan fingerprint density at radius 2 is 2.00 bits per heavy atom. The summed E-state index contributed by atoms with van der Waals surface area (Å²) in [5.41, 5.74) is -1.07. The molecule has 1 rings (SSSR count). The molecule has 1 saturated heterocycles. The predicted octanol–water partition coefficient (Wildman–Crippen LogP) is 2.32. The number of carbonyl (C=O) groups excluding carboxylic acids is 1. The van der Waals surface area contributed by atoms with Gasteiger partial charge in [0.2, 0.25) is 0 Å². The first-order chi connectivity index (χ1) is 6.71. The van der Waals surface area contributed by atoms with Crippen LogP contribution in [-0.2, 0) is 9.53 Å². The summed E-state index contributed by atoms with van der Waals surface area (Å²) in [7, 11) is 4.50. The van der Waals surface area contributed by atoms with E-state index in [1.54, 1.807) is 0 Å². The first-order valence-corrected chi connectivity index (χ1v) is 5.00. The molecular formula is C10H20BFO2. The molecule has 1 atom stereocenters. The summed E-state index contributed by atoms with van der Waals surface area (Å²) in [6.45, 7) is 6.72. The van der Waals surface area contributed by atoms with Crippen molar-refractivity contribution in [3.63, 3.8) is 0 Å². The quantitative estimate of drug-likeness (QED) is 0.642. The topological polar surface area (TPSA) is 26.3 Å². The molecule has 0 spiro atoms. The Bertz CT molecular complexity index is 145. The average Bonchev–Trinajstić information content (AvgIpc) is 2.73. The van der Waals surface area contributed by atoms with Gasteiger partial charge in [0.25, 0.3) is 0 Å². The number of Topliss-reactive ketones (excluding diaryl/α,β-unsaturated/α-hetero) is 1. The summed E-state index contributed by atoms with van der Waals surface area (Å²) in [6, 6.07) is 0. The van der Waals surface area contributed by atoms with E-state index in [0.29, 0.717) is 13.0 Å². The summed E-state index contributed by atoms with van der Waals surface area (Å²) < 4.78 is 17.3. The lowest BCUT2D eigenvalue weighted by molar-refractivity contribution is -0.138. The van der Waals surface area contributed by atoms with E-state index in [4.69, 9.17) is 4.74 Å². The van der Waals surface area contributed by atoms with Crippen molar-refractivity contribution in [2.45, 2.75) is 46.0 Å². The van der Waals surface area contributed by atoms with E-state index in [9.17, 15) is 9.18 Å². The minimum atomic E-state index is -1.07. The molecule has 1 fully saturated rings. The highest BCUT2D eigenvalue weighted by Crippen LogP contribution is 2.26. The molecule has 1 aliphatic rings.